The van der Waals surface area contributed by atoms with E-state index in [4.69, 9.17) is 18.9 Å². The van der Waals surface area contributed by atoms with Crippen LogP contribution in [0.2, 0.25) is 0 Å². The second-order valence-electron chi connectivity index (χ2n) is 9.09. The van der Waals surface area contributed by atoms with Crippen LogP contribution in [0.4, 0.5) is 0 Å². The van der Waals surface area contributed by atoms with Crippen LogP contribution in [0.5, 0.6) is 11.5 Å². The van der Waals surface area contributed by atoms with Gasteiger partial charge in [0.2, 0.25) is 6.29 Å². The number of benzene rings is 2. The van der Waals surface area contributed by atoms with E-state index in [2.05, 4.69) is 0 Å². The first-order valence-corrected chi connectivity index (χ1v) is 10.5. The largest absolute Gasteiger partial charge is 0.497 e. The predicted molar refractivity (Wildman–Crippen MR) is 118 cm³/mol. The summed E-state index contributed by atoms with van der Waals surface area (Å²) in [5, 5.41) is 10.2. The van der Waals surface area contributed by atoms with Crippen molar-refractivity contribution in [2.75, 3.05) is 14.2 Å². The van der Waals surface area contributed by atoms with E-state index in [9.17, 15) is 14.7 Å². The molecule has 0 aromatic heterocycles. The zero-order valence-corrected chi connectivity index (χ0v) is 19.1. The third-order valence-corrected chi connectivity index (χ3v) is 5.62. The van der Waals surface area contributed by atoms with E-state index in [-0.39, 0.29) is 12.8 Å². The molecule has 0 bridgehead atoms. The zero-order chi connectivity index (χ0) is 23.5. The second kappa shape index (κ2) is 9.20. The third kappa shape index (κ3) is 4.88. The number of methoxy groups -OCH3 is 2. The SMILES string of the molecule is COc1cccc(C[C@@H](C(=O)O)[C@]2(Cc3cccc(OC)c3)O[C@H](C(C)(C)C)OC2=O)c1. The van der Waals surface area contributed by atoms with Gasteiger partial charge in [-0.1, -0.05) is 45.0 Å². The Morgan fingerprint density at radius 2 is 1.62 bits per heavy atom. The highest BCUT2D eigenvalue weighted by molar-refractivity contribution is 5.89. The van der Waals surface area contributed by atoms with E-state index in [0.717, 1.165) is 5.56 Å². The molecule has 7 nitrogen and oxygen atoms in total. The lowest BCUT2D eigenvalue weighted by molar-refractivity contribution is -0.173. The molecule has 0 unspecified atom stereocenters. The molecule has 2 aromatic rings. The molecule has 32 heavy (non-hydrogen) atoms. The fourth-order valence-corrected chi connectivity index (χ4v) is 3.85. The molecule has 3 atom stereocenters. The number of ether oxygens (including phenoxy) is 4. The summed E-state index contributed by atoms with van der Waals surface area (Å²) in [5.41, 5.74) is -0.783. The molecule has 1 N–H and O–H groups in total. The molecule has 1 aliphatic rings. The highest BCUT2D eigenvalue weighted by atomic mass is 16.8. The standard InChI is InChI=1S/C25H30O7/c1-24(2,3)23-31-22(28)25(32-23,15-17-9-7-11-19(13-17)30-5)20(21(26)27)14-16-8-6-10-18(12-16)29-4/h6-13,20,23H,14-15H2,1-5H3,(H,26,27)/t20-,23+,25-/m0/s1. The van der Waals surface area contributed by atoms with Crippen molar-refractivity contribution in [1.29, 1.82) is 0 Å². The summed E-state index contributed by atoms with van der Waals surface area (Å²) >= 11 is 0. The first-order chi connectivity index (χ1) is 15.1. The fraction of sp³-hybridized carbons (Fsp3) is 0.440. The van der Waals surface area contributed by atoms with Gasteiger partial charge < -0.3 is 24.1 Å². The van der Waals surface area contributed by atoms with E-state index in [1.165, 1.54) is 0 Å². The molecular formula is C25H30O7. The average molecular weight is 443 g/mol. The number of hydrogen-bond donors (Lipinski definition) is 1. The number of hydrogen-bond acceptors (Lipinski definition) is 6. The summed E-state index contributed by atoms with van der Waals surface area (Å²) in [6, 6.07) is 14.3. The van der Waals surface area contributed by atoms with Crippen LogP contribution in [-0.2, 0) is 31.9 Å². The van der Waals surface area contributed by atoms with Gasteiger partial charge in [0, 0.05) is 11.8 Å². The summed E-state index contributed by atoms with van der Waals surface area (Å²) in [7, 11) is 3.09. The number of carbonyl (C=O) groups excluding carboxylic acids is 1. The number of carbonyl (C=O) groups is 2. The van der Waals surface area contributed by atoms with Gasteiger partial charge in [-0.25, -0.2) is 4.79 Å². The summed E-state index contributed by atoms with van der Waals surface area (Å²) in [5.74, 6) is -1.77. The maximum atomic E-state index is 13.3. The Balaban J connectivity index is 2.06. The number of carboxylic acids is 1. The molecule has 1 fully saturated rings. The van der Waals surface area contributed by atoms with Crippen LogP contribution in [0.1, 0.15) is 31.9 Å². The van der Waals surface area contributed by atoms with Gasteiger partial charge in [0.1, 0.15) is 17.4 Å². The van der Waals surface area contributed by atoms with Gasteiger partial charge in [-0.15, -0.1) is 0 Å². The average Bonchev–Trinajstić information content (AvgIpc) is 3.09. The van der Waals surface area contributed by atoms with Crippen molar-refractivity contribution in [1.82, 2.24) is 0 Å². The molecule has 3 rings (SSSR count). The van der Waals surface area contributed by atoms with E-state index < -0.39 is 35.2 Å². The zero-order valence-electron chi connectivity index (χ0n) is 19.1. The molecule has 2 aromatic carbocycles. The van der Waals surface area contributed by atoms with E-state index >= 15 is 0 Å². The quantitative estimate of drug-likeness (QED) is 0.621. The smallest absolute Gasteiger partial charge is 0.342 e. The van der Waals surface area contributed by atoms with Gasteiger partial charge in [-0.05, 0) is 41.8 Å². The molecule has 1 heterocycles. The molecule has 0 saturated carbocycles. The number of carboxylic acid groups (broad SMARTS) is 1. The Morgan fingerprint density at radius 3 is 2.12 bits per heavy atom. The monoisotopic (exact) mass is 442 g/mol. The summed E-state index contributed by atoms with van der Waals surface area (Å²) < 4.78 is 22.4. The van der Waals surface area contributed by atoms with Crippen LogP contribution in [0, 0.1) is 11.3 Å². The van der Waals surface area contributed by atoms with Crippen molar-refractivity contribution in [2.24, 2.45) is 11.3 Å². The Bertz CT molecular complexity index is 978. The Labute approximate surface area is 188 Å². The Morgan fingerprint density at radius 1 is 1.06 bits per heavy atom. The topological polar surface area (TPSA) is 91.3 Å². The fourth-order valence-electron chi connectivity index (χ4n) is 3.85. The van der Waals surface area contributed by atoms with Gasteiger partial charge in [-0.3, -0.25) is 4.79 Å². The van der Waals surface area contributed by atoms with Crippen LogP contribution in [0.15, 0.2) is 48.5 Å². The summed E-state index contributed by atoms with van der Waals surface area (Å²) in [6.07, 6.45) is -0.758. The number of cyclic esters (lactones) is 1. The Hall–Kier alpha value is -3.06. The van der Waals surface area contributed by atoms with Gasteiger partial charge in [0.15, 0.2) is 5.60 Å². The lowest BCUT2D eigenvalue weighted by Gasteiger charge is -2.33. The summed E-state index contributed by atoms with van der Waals surface area (Å²) in [4.78, 5) is 25.8. The molecule has 172 valence electrons. The maximum Gasteiger partial charge on any atom is 0.342 e. The number of aliphatic carboxylic acids is 1. The number of esters is 1. The van der Waals surface area contributed by atoms with Crippen LogP contribution in [0.25, 0.3) is 0 Å². The maximum absolute atomic E-state index is 13.3. The lowest BCUT2D eigenvalue weighted by Crippen LogP contribution is -2.51. The molecule has 1 aliphatic heterocycles. The predicted octanol–water partition coefficient (Wildman–Crippen LogP) is 3.87. The van der Waals surface area contributed by atoms with Crippen molar-refractivity contribution >= 4 is 11.9 Å². The van der Waals surface area contributed by atoms with Crippen LogP contribution >= 0.6 is 0 Å². The summed E-state index contributed by atoms with van der Waals surface area (Å²) in [6.45, 7) is 5.64. The first-order valence-electron chi connectivity index (χ1n) is 10.5. The normalized spacial score (nSPS) is 21.7. The molecule has 0 aliphatic carbocycles. The van der Waals surface area contributed by atoms with Gasteiger partial charge in [0.05, 0.1) is 14.2 Å². The minimum atomic E-state index is -1.70. The second-order valence-corrected chi connectivity index (χ2v) is 9.09. The lowest BCUT2D eigenvalue weighted by atomic mass is 9.78. The Kier molecular flexibility index (Phi) is 6.79. The molecular weight excluding hydrogens is 412 g/mol. The molecule has 1 saturated heterocycles. The van der Waals surface area contributed by atoms with Crippen LogP contribution in [-0.4, -0.2) is 43.2 Å². The van der Waals surface area contributed by atoms with Crippen molar-refractivity contribution in [3.8, 4) is 11.5 Å². The molecule has 7 heteroatoms. The number of rotatable bonds is 8. The van der Waals surface area contributed by atoms with Crippen molar-refractivity contribution in [3.05, 3.63) is 59.7 Å². The third-order valence-electron chi connectivity index (χ3n) is 5.62. The molecule has 0 amide bonds. The highest BCUT2D eigenvalue weighted by Gasteiger charge is 2.60. The van der Waals surface area contributed by atoms with Crippen LogP contribution < -0.4 is 9.47 Å². The molecule has 0 spiro atoms. The van der Waals surface area contributed by atoms with Crippen LogP contribution in [0.3, 0.4) is 0 Å². The van der Waals surface area contributed by atoms with Crippen molar-refractivity contribution in [3.63, 3.8) is 0 Å². The minimum Gasteiger partial charge on any atom is -0.497 e. The van der Waals surface area contributed by atoms with E-state index in [0.29, 0.717) is 17.1 Å². The molecule has 0 radical (unpaired) electrons. The van der Waals surface area contributed by atoms with Gasteiger partial charge in [0.25, 0.3) is 0 Å². The minimum absolute atomic E-state index is 0.0382. The van der Waals surface area contributed by atoms with Gasteiger partial charge in [-0.2, -0.15) is 0 Å². The first kappa shape index (κ1) is 23.6. The van der Waals surface area contributed by atoms with Crippen molar-refractivity contribution in [2.45, 2.75) is 45.5 Å². The van der Waals surface area contributed by atoms with Crippen molar-refractivity contribution < 1.29 is 33.6 Å². The van der Waals surface area contributed by atoms with Gasteiger partial charge >= 0.3 is 11.9 Å². The van der Waals surface area contributed by atoms with E-state index in [1.807, 2.05) is 26.8 Å². The highest BCUT2D eigenvalue weighted by Crippen LogP contribution is 2.42. The van der Waals surface area contributed by atoms with E-state index in [1.54, 1.807) is 56.7 Å².